The molecule has 0 aromatic carbocycles. The molecule has 0 aromatic heterocycles. The summed E-state index contributed by atoms with van der Waals surface area (Å²) in [6, 6.07) is 0. The average Bonchev–Trinajstić information content (AvgIpc) is 3.50. The Morgan fingerprint density at radius 2 is 0.446 bits per heavy atom. The number of hydrogen-bond acceptors (Lipinski definition) is 6. The lowest BCUT2D eigenvalue weighted by atomic mass is 10.0. The number of hydrogen-bond donors (Lipinski definition) is 0. The minimum atomic E-state index is -0.783. The Kier molecular flexibility index (Phi) is 68.6. The van der Waals surface area contributed by atoms with E-state index in [-0.39, 0.29) is 31.1 Å². The molecule has 0 aromatic rings. The van der Waals surface area contributed by atoms with Crippen LogP contribution in [-0.4, -0.2) is 37.2 Å². The number of rotatable bonds is 67. The zero-order chi connectivity index (χ0) is 59.9. The number of esters is 3. The molecule has 1 atom stereocenters. The third-order valence-electron chi connectivity index (χ3n) is 16.2. The van der Waals surface area contributed by atoms with Crippen molar-refractivity contribution < 1.29 is 28.6 Å². The Bertz CT molecular complexity index is 1520. The lowest BCUT2D eigenvalue weighted by Crippen LogP contribution is -2.30. The van der Waals surface area contributed by atoms with E-state index in [2.05, 4.69) is 93.7 Å². The van der Waals surface area contributed by atoms with Gasteiger partial charge in [0.2, 0.25) is 0 Å². The van der Waals surface area contributed by atoms with E-state index < -0.39 is 6.10 Å². The van der Waals surface area contributed by atoms with Crippen LogP contribution in [0.3, 0.4) is 0 Å². The van der Waals surface area contributed by atoms with Crippen molar-refractivity contribution in [3.8, 4) is 0 Å². The van der Waals surface area contributed by atoms with Crippen molar-refractivity contribution in [3.63, 3.8) is 0 Å². The summed E-state index contributed by atoms with van der Waals surface area (Å²) in [6.45, 7) is 6.62. The number of allylic oxidation sites excluding steroid dienone is 12. The lowest BCUT2D eigenvalue weighted by Gasteiger charge is -2.18. The van der Waals surface area contributed by atoms with E-state index in [1.165, 1.54) is 250 Å². The molecular formula is C77H138O6. The molecule has 0 saturated heterocycles. The third-order valence-corrected chi connectivity index (χ3v) is 16.2. The van der Waals surface area contributed by atoms with Crippen molar-refractivity contribution in [3.05, 3.63) is 72.9 Å². The molecule has 0 saturated carbocycles. The summed E-state index contributed by atoms with van der Waals surface area (Å²) in [5.41, 5.74) is 0. The first kappa shape index (κ1) is 79.8. The monoisotopic (exact) mass is 1160 g/mol. The molecule has 0 aliphatic carbocycles. The number of carbonyl (C=O) groups is 3. The Morgan fingerprint density at radius 1 is 0.241 bits per heavy atom. The number of unbranched alkanes of at least 4 members (excludes halogenated alkanes) is 44. The third kappa shape index (κ3) is 69.5. The summed E-state index contributed by atoms with van der Waals surface area (Å²) in [4.78, 5) is 38.4. The van der Waals surface area contributed by atoms with Crippen LogP contribution in [0.2, 0.25) is 0 Å². The Balaban J connectivity index is 4.18. The van der Waals surface area contributed by atoms with Gasteiger partial charge in [-0.15, -0.1) is 0 Å². The van der Waals surface area contributed by atoms with Crippen LogP contribution in [0.4, 0.5) is 0 Å². The van der Waals surface area contributed by atoms with Gasteiger partial charge in [0, 0.05) is 19.3 Å². The molecule has 0 amide bonds. The van der Waals surface area contributed by atoms with Gasteiger partial charge in [0.05, 0.1) is 0 Å². The van der Waals surface area contributed by atoms with E-state index in [0.29, 0.717) is 19.3 Å². The summed E-state index contributed by atoms with van der Waals surface area (Å²) in [6.07, 6.45) is 93.7. The van der Waals surface area contributed by atoms with Crippen molar-refractivity contribution in [2.75, 3.05) is 13.2 Å². The molecule has 83 heavy (non-hydrogen) atoms. The zero-order valence-electron chi connectivity index (χ0n) is 55.5. The van der Waals surface area contributed by atoms with Gasteiger partial charge < -0.3 is 14.2 Å². The van der Waals surface area contributed by atoms with E-state index >= 15 is 0 Å². The van der Waals surface area contributed by atoms with Gasteiger partial charge >= 0.3 is 17.9 Å². The topological polar surface area (TPSA) is 78.9 Å². The average molecular weight is 1160 g/mol. The summed E-state index contributed by atoms with van der Waals surface area (Å²) in [5, 5.41) is 0. The van der Waals surface area contributed by atoms with Crippen molar-refractivity contribution >= 4 is 17.9 Å². The highest BCUT2D eigenvalue weighted by molar-refractivity contribution is 5.71. The maximum atomic E-state index is 12.9. The highest BCUT2D eigenvalue weighted by atomic mass is 16.6. The van der Waals surface area contributed by atoms with E-state index in [0.717, 1.165) is 89.9 Å². The predicted molar refractivity (Wildman–Crippen MR) is 362 cm³/mol. The molecule has 482 valence electrons. The zero-order valence-corrected chi connectivity index (χ0v) is 55.5. The number of ether oxygens (including phenoxy) is 3. The normalized spacial score (nSPS) is 12.5. The SMILES string of the molecule is CCCC/C=C\C/C=C\CCCCCCCC(=O)OCC(COC(=O)CCCCCCCCCCCCCCCCCCCC/C=C\C/C=C\C/C=C\CCCCCCC)OC(=O)CCCCCCCCC/C=C\CCCCCCCCC. The molecule has 0 spiro atoms. The molecule has 0 bridgehead atoms. The van der Waals surface area contributed by atoms with Crippen LogP contribution in [0.15, 0.2) is 72.9 Å². The lowest BCUT2D eigenvalue weighted by molar-refractivity contribution is -0.167. The van der Waals surface area contributed by atoms with Crippen LogP contribution in [-0.2, 0) is 28.6 Å². The minimum Gasteiger partial charge on any atom is -0.462 e. The predicted octanol–water partition coefficient (Wildman–Crippen LogP) is 25.2. The van der Waals surface area contributed by atoms with Crippen molar-refractivity contribution in [2.45, 2.75) is 386 Å². The second kappa shape index (κ2) is 71.3. The van der Waals surface area contributed by atoms with E-state index in [1.54, 1.807) is 0 Å². The fraction of sp³-hybridized carbons (Fsp3) is 0.805. The summed E-state index contributed by atoms with van der Waals surface area (Å²) in [7, 11) is 0. The molecule has 6 heteroatoms. The first-order chi connectivity index (χ1) is 41.0. The quantitative estimate of drug-likeness (QED) is 0.0261. The van der Waals surface area contributed by atoms with Crippen LogP contribution in [0, 0.1) is 0 Å². The smallest absolute Gasteiger partial charge is 0.306 e. The van der Waals surface area contributed by atoms with Crippen molar-refractivity contribution in [1.29, 1.82) is 0 Å². The van der Waals surface area contributed by atoms with E-state index in [4.69, 9.17) is 14.2 Å². The summed E-state index contributed by atoms with van der Waals surface area (Å²) in [5.74, 6) is -0.876. The summed E-state index contributed by atoms with van der Waals surface area (Å²) >= 11 is 0. The Labute approximate surface area is 516 Å². The first-order valence-corrected chi connectivity index (χ1v) is 36.4. The molecule has 0 N–H and O–H groups in total. The largest absolute Gasteiger partial charge is 0.462 e. The van der Waals surface area contributed by atoms with Gasteiger partial charge in [0.15, 0.2) is 6.10 Å². The molecule has 0 aliphatic rings. The minimum absolute atomic E-state index is 0.0781. The van der Waals surface area contributed by atoms with Gasteiger partial charge in [0.1, 0.15) is 13.2 Å². The summed E-state index contributed by atoms with van der Waals surface area (Å²) < 4.78 is 17.0. The van der Waals surface area contributed by atoms with Gasteiger partial charge in [-0.2, -0.15) is 0 Å². The molecule has 0 radical (unpaired) electrons. The second-order valence-corrected chi connectivity index (χ2v) is 24.5. The maximum Gasteiger partial charge on any atom is 0.306 e. The van der Waals surface area contributed by atoms with Gasteiger partial charge in [0.25, 0.3) is 0 Å². The maximum absolute atomic E-state index is 12.9. The Morgan fingerprint density at radius 3 is 0.723 bits per heavy atom. The van der Waals surface area contributed by atoms with Gasteiger partial charge in [-0.25, -0.2) is 0 Å². The molecule has 6 nitrogen and oxygen atoms in total. The molecule has 0 fully saturated rings. The molecular weight excluding hydrogens is 1020 g/mol. The van der Waals surface area contributed by atoms with Crippen LogP contribution < -0.4 is 0 Å². The van der Waals surface area contributed by atoms with Crippen LogP contribution in [0.25, 0.3) is 0 Å². The van der Waals surface area contributed by atoms with Crippen molar-refractivity contribution in [1.82, 2.24) is 0 Å². The standard InChI is InChI=1S/C77H138O6/c1-4-7-10-13-16-19-22-25-28-30-32-33-34-35-36-37-38-39-40-41-42-43-44-45-46-48-49-52-55-58-61-64-67-70-76(79)82-73-74(72-81-75(78)69-66-63-60-57-54-51-27-24-21-18-15-12-9-6-3)83-77(80)71-68-65-62-59-56-53-50-47-31-29-26-23-20-17-14-11-8-5-2/h15,18,22,24-25,27,29-32,34-35,74H,4-14,16-17,19-21,23,26,28,33,36-73H2,1-3H3/b18-15-,25-22-,27-24-,31-29-,32-30-,35-34-. The number of carbonyl (C=O) groups excluding carboxylic acids is 3. The van der Waals surface area contributed by atoms with Crippen LogP contribution >= 0.6 is 0 Å². The van der Waals surface area contributed by atoms with Crippen LogP contribution in [0.5, 0.6) is 0 Å². The molecule has 0 heterocycles. The van der Waals surface area contributed by atoms with Gasteiger partial charge in [-0.05, 0) is 109 Å². The van der Waals surface area contributed by atoms with Crippen molar-refractivity contribution in [2.24, 2.45) is 0 Å². The molecule has 1 unspecified atom stereocenters. The molecule has 0 rings (SSSR count). The van der Waals surface area contributed by atoms with Gasteiger partial charge in [-0.1, -0.05) is 325 Å². The highest BCUT2D eigenvalue weighted by Gasteiger charge is 2.19. The molecule has 0 aliphatic heterocycles. The Hall–Kier alpha value is -3.15. The fourth-order valence-electron chi connectivity index (χ4n) is 10.6. The van der Waals surface area contributed by atoms with E-state index in [9.17, 15) is 14.4 Å². The second-order valence-electron chi connectivity index (χ2n) is 24.5. The first-order valence-electron chi connectivity index (χ1n) is 36.4. The highest BCUT2D eigenvalue weighted by Crippen LogP contribution is 2.18. The fourth-order valence-corrected chi connectivity index (χ4v) is 10.6. The van der Waals surface area contributed by atoms with Crippen LogP contribution in [0.1, 0.15) is 380 Å². The van der Waals surface area contributed by atoms with E-state index in [1.807, 2.05) is 0 Å². The van der Waals surface area contributed by atoms with Gasteiger partial charge in [-0.3, -0.25) is 14.4 Å².